The Bertz CT molecular complexity index is 786. The molecule has 0 spiro atoms. The fraction of sp³-hybridized carbons (Fsp3) is 0.0667. The number of pyridine rings is 1. The zero-order valence-corrected chi connectivity index (χ0v) is 11.5. The average molecular weight is 295 g/mol. The second-order valence-electron chi connectivity index (χ2n) is 4.53. The number of para-hydroxylation sites is 1. The van der Waals surface area contributed by atoms with Gasteiger partial charge in [-0.15, -0.1) is 0 Å². The highest BCUT2D eigenvalue weighted by atomic mass is 16.3. The number of amides is 1. The van der Waals surface area contributed by atoms with Crippen molar-refractivity contribution in [1.29, 1.82) is 0 Å². The summed E-state index contributed by atoms with van der Waals surface area (Å²) < 4.78 is 1.53. The number of phenolic OH excluding ortho intramolecular Hbond substituents is 1. The van der Waals surface area contributed by atoms with E-state index < -0.39 is 0 Å². The highest BCUT2D eigenvalue weighted by Gasteiger charge is 2.12. The molecule has 3 aromatic rings. The van der Waals surface area contributed by atoms with Crippen molar-refractivity contribution in [2.45, 2.75) is 6.54 Å². The Labute approximate surface area is 126 Å². The highest BCUT2D eigenvalue weighted by Crippen LogP contribution is 2.16. The number of hydrogen-bond acceptors (Lipinski definition) is 5. The molecule has 1 amide bonds. The Hall–Kier alpha value is -3.22. The minimum Gasteiger partial charge on any atom is -0.507 e. The van der Waals surface area contributed by atoms with E-state index in [1.807, 2.05) is 6.07 Å². The Balaban J connectivity index is 1.78. The Kier molecular flexibility index (Phi) is 3.78. The first kappa shape index (κ1) is 13.7. The zero-order chi connectivity index (χ0) is 15.4. The molecule has 7 nitrogen and oxygen atoms in total. The largest absolute Gasteiger partial charge is 0.507 e. The maximum atomic E-state index is 12.1. The predicted molar refractivity (Wildman–Crippen MR) is 78.4 cm³/mol. The minimum absolute atomic E-state index is 0.0531. The molecule has 0 aliphatic heterocycles. The quantitative estimate of drug-likeness (QED) is 0.756. The third-order valence-electron chi connectivity index (χ3n) is 3.09. The maximum absolute atomic E-state index is 12.1. The molecule has 0 saturated carbocycles. The van der Waals surface area contributed by atoms with Crippen LogP contribution in [0.5, 0.6) is 5.75 Å². The fourth-order valence-electron chi connectivity index (χ4n) is 2.03. The van der Waals surface area contributed by atoms with E-state index in [4.69, 9.17) is 0 Å². The molecule has 2 aromatic heterocycles. The molecule has 0 aliphatic carbocycles. The van der Waals surface area contributed by atoms with Crippen LogP contribution in [0.25, 0.3) is 5.82 Å². The summed E-state index contributed by atoms with van der Waals surface area (Å²) in [5.74, 6) is 0.187. The van der Waals surface area contributed by atoms with E-state index in [-0.39, 0.29) is 23.8 Å². The number of aromatic hydroxyl groups is 1. The lowest BCUT2D eigenvalue weighted by molar-refractivity contribution is 0.0948. The Morgan fingerprint density at radius 3 is 2.86 bits per heavy atom. The lowest BCUT2D eigenvalue weighted by Gasteiger charge is -2.10. The minimum atomic E-state index is -0.355. The third-order valence-corrected chi connectivity index (χ3v) is 3.09. The molecule has 0 unspecified atom stereocenters. The third kappa shape index (κ3) is 2.78. The van der Waals surface area contributed by atoms with E-state index in [9.17, 15) is 9.90 Å². The van der Waals surface area contributed by atoms with Gasteiger partial charge in [0.25, 0.3) is 5.91 Å². The lowest BCUT2D eigenvalue weighted by atomic mass is 10.2. The number of carbonyl (C=O) groups excluding carboxylic acids is 1. The summed E-state index contributed by atoms with van der Waals surface area (Å²) in [4.78, 5) is 20.2. The normalized spacial score (nSPS) is 10.4. The molecule has 22 heavy (non-hydrogen) atoms. The van der Waals surface area contributed by atoms with E-state index in [2.05, 4.69) is 20.4 Å². The molecule has 0 radical (unpaired) electrons. The van der Waals surface area contributed by atoms with Crippen LogP contribution in [0.2, 0.25) is 0 Å². The summed E-state index contributed by atoms with van der Waals surface area (Å²) >= 11 is 0. The van der Waals surface area contributed by atoms with Crippen molar-refractivity contribution in [1.82, 2.24) is 25.1 Å². The summed E-state index contributed by atoms with van der Waals surface area (Å²) in [5.41, 5.74) is 1.02. The molecule has 3 rings (SSSR count). The van der Waals surface area contributed by atoms with E-state index >= 15 is 0 Å². The smallest absolute Gasteiger partial charge is 0.255 e. The molecule has 1 aromatic carbocycles. The molecule has 110 valence electrons. The second-order valence-corrected chi connectivity index (χ2v) is 4.53. The van der Waals surface area contributed by atoms with E-state index in [0.29, 0.717) is 5.82 Å². The molecule has 0 fully saturated rings. The van der Waals surface area contributed by atoms with Crippen LogP contribution in [0.4, 0.5) is 0 Å². The van der Waals surface area contributed by atoms with Crippen molar-refractivity contribution in [3.8, 4) is 11.6 Å². The van der Waals surface area contributed by atoms with Gasteiger partial charge in [0, 0.05) is 18.3 Å². The van der Waals surface area contributed by atoms with Crippen molar-refractivity contribution < 1.29 is 9.90 Å². The average Bonchev–Trinajstić information content (AvgIpc) is 3.07. The van der Waals surface area contributed by atoms with E-state index in [1.54, 1.807) is 30.5 Å². The number of benzene rings is 1. The number of phenols is 1. The summed E-state index contributed by atoms with van der Waals surface area (Å²) in [6, 6.07) is 10.0. The van der Waals surface area contributed by atoms with Gasteiger partial charge in [-0.05, 0) is 18.2 Å². The van der Waals surface area contributed by atoms with Crippen molar-refractivity contribution in [3.05, 3.63) is 66.4 Å². The second kappa shape index (κ2) is 6.04. The first-order chi connectivity index (χ1) is 10.8. The van der Waals surface area contributed by atoms with Gasteiger partial charge >= 0.3 is 0 Å². The predicted octanol–water partition coefficient (Wildman–Crippen LogP) is 1.30. The summed E-state index contributed by atoms with van der Waals surface area (Å²) in [6.45, 7) is 0.260. The molecule has 7 heteroatoms. The van der Waals surface area contributed by atoms with Crippen molar-refractivity contribution >= 4 is 5.91 Å². The lowest BCUT2D eigenvalue weighted by Crippen LogP contribution is -2.23. The van der Waals surface area contributed by atoms with E-state index in [0.717, 1.165) is 5.56 Å². The van der Waals surface area contributed by atoms with Gasteiger partial charge in [0.05, 0.1) is 5.56 Å². The summed E-state index contributed by atoms with van der Waals surface area (Å²) in [7, 11) is 0. The van der Waals surface area contributed by atoms with Crippen molar-refractivity contribution in [3.63, 3.8) is 0 Å². The summed E-state index contributed by atoms with van der Waals surface area (Å²) in [6.07, 6.45) is 4.60. The van der Waals surface area contributed by atoms with Crippen LogP contribution >= 0.6 is 0 Å². The number of aromatic nitrogens is 4. The topological polar surface area (TPSA) is 92.9 Å². The van der Waals surface area contributed by atoms with Crippen LogP contribution < -0.4 is 5.32 Å². The van der Waals surface area contributed by atoms with Gasteiger partial charge in [0.15, 0.2) is 5.82 Å². The zero-order valence-electron chi connectivity index (χ0n) is 11.5. The van der Waals surface area contributed by atoms with Gasteiger partial charge in [-0.1, -0.05) is 18.2 Å². The van der Waals surface area contributed by atoms with Crippen molar-refractivity contribution in [2.75, 3.05) is 0 Å². The van der Waals surface area contributed by atoms with Crippen LogP contribution in [0.1, 0.15) is 15.9 Å². The molecule has 0 bridgehead atoms. The van der Waals surface area contributed by atoms with Crippen LogP contribution in [0.3, 0.4) is 0 Å². The Morgan fingerprint density at radius 2 is 2.09 bits per heavy atom. The van der Waals surface area contributed by atoms with Crippen LogP contribution in [-0.2, 0) is 6.54 Å². The first-order valence-corrected chi connectivity index (χ1v) is 6.61. The van der Waals surface area contributed by atoms with Gasteiger partial charge in [0.2, 0.25) is 0 Å². The molecule has 2 heterocycles. The molecule has 0 aliphatic rings. The standard InChI is InChI=1S/C15H13N5O2/c21-13-6-2-1-5-12(13)15(22)18-8-11-4-3-7-17-14(11)20-10-16-9-19-20/h1-7,9-10,21H,8H2,(H,18,22). The molecular weight excluding hydrogens is 282 g/mol. The maximum Gasteiger partial charge on any atom is 0.255 e. The number of nitrogens with zero attached hydrogens (tertiary/aromatic N) is 4. The monoisotopic (exact) mass is 295 g/mol. The number of rotatable bonds is 4. The molecule has 2 N–H and O–H groups in total. The van der Waals surface area contributed by atoms with Crippen LogP contribution in [-0.4, -0.2) is 30.8 Å². The molecule has 0 saturated heterocycles. The molecule has 0 atom stereocenters. The van der Waals surface area contributed by atoms with Crippen molar-refractivity contribution in [2.24, 2.45) is 0 Å². The summed E-state index contributed by atoms with van der Waals surface area (Å²) in [5, 5.41) is 16.5. The first-order valence-electron chi connectivity index (χ1n) is 6.61. The van der Waals surface area contributed by atoms with Gasteiger partial charge in [-0.25, -0.2) is 14.6 Å². The Morgan fingerprint density at radius 1 is 1.23 bits per heavy atom. The van der Waals surface area contributed by atoms with E-state index in [1.165, 1.54) is 23.4 Å². The fourth-order valence-corrected chi connectivity index (χ4v) is 2.03. The highest BCUT2D eigenvalue weighted by molar-refractivity contribution is 5.96. The number of carbonyl (C=O) groups is 1. The van der Waals surface area contributed by atoms with Crippen LogP contribution in [0.15, 0.2) is 55.2 Å². The van der Waals surface area contributed by atoms with Crippen LogP contribution in [0, 0.1) is 0 Å². The van der Waals surface area contributed by atoms with Gasteiger partial charge in [-0.3, -0.25) is 4.79 Å². The van der Waals surface area contributed by atoms with Gasteiger partial charge in [0.1, 0.15) is 18.4 Å². The number of nitrogens with one attached hydrogen (secondary N) is 1. The molecular formula is C15H13N5O2. The van der Waals surface area contributed by atoms with Gasteiger partial charge in [-0.2, -0.15) is 5.10 Å². The van der Waals surface area contributed by atoms with Gasteiger partial charge < -0.3 is 10.4 Å². The SMILES string of the molecule is O=C(NCc1cccnc1-n1cncn1)c1ccccc1O. The number of hydrogen-bond donors (Lipinski definition) is 2.